The molecule has 0 aliphatic carbocycles. The zero-order valence-corrected chi connectivity index (χ0v) is 13.8. The van der Waals surface area contributed by atoms with E-state index < -0.39 is 0 Å². The average molecular weight is 345 g/mol. The van der Waals surface area contributed by atoms with Gasteiger partial charge in [-0.05, 0) is 72.8 Å². The summed E-state index contributed by atoms with van der Waals surface area (Å²) in [7, 11) is 0. The highest BCUT2D eigenvalue weighted by Crippen LogP contribution is 2.16. The van der Waals surface area contributed by atoms with Crippen LogP contribution in [0.1, 0.15) is 27.4 Å². The summed E-state index contributed by atoms with van der Waals surface area (Å²) in [4.78, 5) is 12.0. The number of aromatic hydroxyl groups is 1. The minimum Gasteiger partial charge on any atom is -0.508 e. The van der Waals surface area contributed by atoms with Crippen LogP contribution in [-0.4, -0.2) is 10.9 Å². The van der Waals surface area contributed by atoms with Crippen LogP contribution in [0.4, 0.5) is 0 Å². The number of furan rings is 1. The Hall–Kier alpha value is -3.78. The molecule has 1 N–H and O–H groups in total. The summed E-state index contributed by atoms with van der Waals surface area (Å²) in [6.07, 6.45) is 3.00. The summed E-state index contributed by atoms with van der Waals surface area (Å²) in [6, 6.07) is 18.4. The lowest BCUT2D eigenvalue weighted by Crippen LogP contribution is -1.93. The summed E-state index contributed by atoms with van der Waals surface area (Å²) in [5.74, 6) is 1.72. The number of nitriles is 1. The third-order valence-corrected chi connectivity index (χ3v) is 3.60. The molecule has 0 amide bonds. The van der Waals surface area contributed by atoms with E-state index in [4.69, 9.17) is 14.4 Å². The molecule has 0 aliphatic rings. The molecule has 0 radical (unpaired) electrons. The molecule has 128 valence electrons. The van der Waals surface area contributed by atoms with Crippen molar-refractivity contribution < 1.29 is 19.1 Å². The van der Waals surface area contributed by atoms with Gasteiger partial charge in [-0.1, -0.05) is 0 Å². The Bertz CT molecular complexity index is 960. The number of hydrogen-bond donors (Lipinski definition) is 1. The van der Waals surface area contributed by atoms with Crippen molar-refractivity contribution in [2.24, 2.45) is 0 Å². The quantitative estimate of drug-likeness (QED) is 0.531. The van der Waals surface area contributed by atoms with Gasteiger partial charge < -0.3 is 14.3 Å². The van der Waals surface area contributed by atoms with E-state index in [1.807, 2.05) is 6.07 Å². The first-order valence-corrected chi connectivity index (χ1v) is 7.87. The van der Waals surface area contributed by atoms with Crippen LogP contribution in [0.25, 0.3) is 6.08 Å². The molecule has 3 rings (SSSR count). The van der Waals surface area contributed by atoms with Gasteiger partial charge in [0, 0.05) is 5.56 Å². The fraction of sp³-hybridized carbons (Fsp3) is 0.0476. The minimum absolute atomic E-state index is 0.114. The Morgan fingerprint density at radius 3 is 2.50 bits per heavy atom. The number of phenols is 1. The van der Waals surface area contributed by atoms with Crippen molar-refractivity contribution in [2.45, 2.75) is 6.61 Å². The van der Waals surface area contributed by atoms with Crippen LogP contribution in [0.15, 0.2) is 71.2 Å². The lowest BCUT2D eigenvalue weighted by molar-refractivity contribution is 0.104. The number of benzene rings is 2. The van der Waals surface area contributed by atoms with Gasteiger partial charge in [0.2, 0.25) is 0 Å². The summed E-state index contributed by atoms with van der Waals surface area (Å²) in [5, 5.41) is 18.0. The molecule has 5 heteroatoms. The van der Waals surface area contributed by atoms with Gasteiger partial charge in [-0.3, -0.25) is 4.79 Å². The lowest BCUT2D eigenvalue weighted by atomic mass is 10.1. The molecule has 0 unspecified atom stereocenters. The Morgan fingerprint density at radius 1 is 1.08 bits per heavy atom. The molecular formula is C21H15NO4. The van der Waals surface area contributed by atoms with Crippen LogP contribution >= 0.6 is 0 Å². The lowest BCUT2D eigenvalue weighted by Gasteiger charge is -2.03. The van der Waals surface area contributed by atoms with Gasteiger partial charge in [-0.15, -0.1) is 0 Å². The van der Waals surface area contributed by atoms with E-state index >= 15 is 0 Å². The molecule has 0 atom stereocenters. The predicted molar refractivity (Wildman–Crippen MR) is 95.7 cm³/mol. The molecule has 5 nitrogen and oxygen atoms in total. The number of rotatable bonds is 6. The van der Waals surface area contributed by atoms with Crippen molar-refractivity contribution in [3.05, 3.63) is 89.4 Å². The first-order chi connectivity index (χ1) is 12.6. The Labute approximate surface area is 150 Å². The van der Waals surface area contributed by atoms with E-state index in [0.717, 1.165) is 0 Å². The predicted octanol–water partition coefficient (Wildman–Crippen LogP) is 4.33. The largest absolute Gasteiger partial charge is 0.508 e. The maximum absolute atomic E-state index is 12.0. The molecule has 2 aromatic carbocycles. The van der Waals surface area contributed by atoms with Gasteiger partial charge in [0.1, 0.15) is 29.6 Å². The second-order valence-corrected chi connectivity index (χ2v) is 5.47. The van der Waals surface area contributed by atoms with Crippen molar-refractivity contribution in [3.63, 3.8) is 0 Å². The summed E-state index contributed by atoms with van der Waals surface area (Å²) in [5.41, 5.74) is 1.05. The highest BCUT2D eigenvalue weighted by Gasteiger charge is 2.04. The highest BCUT2D eigenvalue weighted by atomic mass is 16.5. The van der Waals surface area contributed by atoms with E-state index in [2.05, 4.69) is 0 Å². The van der Waals surface area contributed by atoms with Gasteiger partial charge in [-0.2, -0.15) is 5.26 Å². The van der Waals surface area contributed by atoms with E-state index in [9.17, 15) is 9.90 Å². The standard InChI is InChI=1S/C21H15NO4/c22-13-15-1-7-18(8-2-15)25-14-20-10-9-19(26-20)11-12-21(24)16-3-5-17(23)6-4-16/h1-12,23H,14H2/b12-11+. The first-order valence-electron chi connectivity index (χ1n) is 7.87. The number of carbonyl (C=O) groups excluding carboxylic acids is 1. The molecule has 0 saturated heterocycles. The summed E-state index contributed by atoms with van der Waals surface area (Å²) in [6.45, 7) is 0.242. The Kier molecular flexibility index (Phi) is 5.16. The van der Waals surface area contributed by atoms with Gasteiger partial charge in [0.25, 0.3) is 0 Å². The van der Waals surface area contributed by atoms with Crippen molar-refractivity contribution >= 4 is 11.9 Å². The molecule has 1 heterocycles. The highest BCUT2D eigenvalue weighted by molar-refractivity contribution is 6.06. The normalized spacial score (nSPS) is 10.6. The van der Waals surface area contributed by atoms with Crippen molar-refractivity contribution in [1.29, 1.82) is 5.26 Å². The smallest absolute Gasteiger partial charge is 0.185 e. The fourth-order valence-corrected chi connectivity index (χ4v) is 2.22. The van der Waals surface area contributed by atoms with Gasteiger partial charge in [-0.25, -0.2) is 0 Å². The molecular weight excluding hydrogens is 330 g/mol. The van der Waals surface area contributed by atoms with Crippen LogP contribution in [0.2, 0.25) is 0 Å². The van der Waals surface area contributed by atoms with Gasteiger partial charge in [0.05, 0.1) is 11.6 Å². The Morgan fingerprint density at radius 2 is 1.81 bits per heavy atom. The van der Waals surface area contributed by atoms with Crippen LogP contribution in [0.5, 0.6) is 11.5 Å². The monoisotopic (exact) mass is 345 g/mol. The molecule has 0 aliphatic heterocycles. The third-order valence-electron chi connectivity index (χ3n) is 3.60. The topological polar surface area (TPSA) is 83.5 Å². The SMILES string of the molecule is N#Cc1ccc(OCc2ccc(/C=C/C(=O)c3ccc(O)cc3)o2)cc1. The van der Waals surface area contributed by atoms with Crippen LogP contribution in [0, 0.1) is 11.3 Å². The average Bonchev–Trinajstić information content (AvgIpc) is 3.13. The van der Waals surface area contributed by atoms with Crippen molar-refractivity contribution in [1.82, 2.24) is 0 Å². The second kappa shape index (κ2) is 7.86. The minimum atomic E-state index is -0.184. The van der Waals surface area contributed by atoms with Gasteiger partial charge >= 0.3 is 0 Å². The number of phenolic OH excluding ortho intramolecular Hbond substituents is 1. The van der Waals surface area contributed by atoms with Crippen LogP contribution in [-0.2, 0) is 6.61 Å². The second-order valence-electron chi connectivity index (χ2n) is 5.47. The number of allylic oxidation sites excluding steroid dienone is 1. The fourth-order valence-electron chi connectivity index (χ4n) is 2.22. The van der Waals surface area contributed by atoms with E-state index in [1.54, 1.807) is 54.6 Å². The van der Waals surface area contributed by atoms with Crippen molar-refractivity contribution in [2.75, 3.05) is 0 Å². The molecule has 0 spiro atoms. The molecule has 3 aromatic rings. The molecule has 26 heavy (non-hydrogen) atoms. The number of carbonyl (C=O) groups is 1. The summed E-state index contributed by atoms with van der Waals surface area (Å²) >= 11 is 0. The molecule has 0 saturated carbocycles. The van der Waals surface area contributed by atoms with E-state index in [0.29, 0.717) is 28.4 Å². The molecule has 0 bridgehead atoms. The number of ether oxygens (including phenoxy) is 1. The maximum atomic E-state index is 12.0. The molecule has 1 aromatic heterocycles. The van der Waals surface area contributed by atoms with Gasteiger partial charge in [0.15, 0.2) is 5.78 Å². The number of ketones is 1. The zero-order valence-electron chi connectivity index (χ0n) is 13.8. The molecule has 0 fully saturated rings. The zero-order chi connectivity index (χ0) is 18.4. The maximum Gasteiger partial charge on any atom is 0.185 e. The first kappa shape index (κ1) is 17.1. The van der Waals surface area contributed by atoms with E-state index in [-0.39, 0.29) is 18.1 Å². The Balaban J connectivity index is 1.57. The third kappa shape index (κ3) is 4.40. The summed E-state index contributed by atoms with van der Waals surface area (Å²) < 4.78 is 11.2. The van der Waals surface area contributed by atoms with Crippen LogP contribution in [0.3, 0.4) is 0 Å². The number of nitrogens with zero attached hydrogens (tertiary/aromatic N) is 1. The van der Waals surface area contributed by atoms with Crippen LogP contribution < -0.4 is 4.74 Å². The van der Waals surface area contributed by atoms with E-state index in [1.165, 1.54) is 18.2 Å². The van der Waals surface area contributed by atoms with Crippen molar-refractivity contribution in [3.8, 4) is 17.6 Å². The number of hydrogen-bond acceptors (Lipinski definition) is 5.